The first-order valence-electron chi connectivity index (χ1n) is 9.37. The van der Waals surface area contributed by atoms with Gasteiger partial charge in [0.15, 0.2) is 0 Å². The summed E-state index contributed by atoms with van der Waals surface area (Å²) >= 11 is 0. The highest BCUT2D eigenvalue weighted by molar-refractivity contribution is 6.04. The van der Waals surface area contributed by atoms with Gasteiger partial charge in [-0.2, -0.15) is 10.2 Å². The molecule has 2 N–H and O–H groups in total. The number of benzene rings is 2. The van der Waals surface area contributed by atoms with Gasteiger partial charge in [0.2, 0.25) is 0 Å². The molecular formula is C22H30N4O2. The molecule has 0 aliphatic rings. The van der Waals surface area contributed by atoms with E-state index in [1.165, 1.54) is 0 Å². The van der Waals surface area contributed by atoms with Gasteiger partial charge < -0.3 is 20.0 Å². The lowest BCUT2D eigenvalue weighted by molar-refractivity contribution is 0.421. The summed E-state index contributed by atoms with van der Waals surface area (Å²) in [5.74, 6) is 0.416. The fourth-order valence-corrected chi connectivity index (χ4v) is 2.65. The van der Waals surface area contributed by atoms with Crippen molar-refractivity contribution in [2.75, 3.05) is 41.3 Å². The van der Waals surface area contributed by atoms with Crippen LogP contribution in [-0.4, -0.2) is 72.7 Å². The summed E-state index contributed by atoms with van der Waals surface area (Å²) in [6.45, 7) is 1.65. The van der Waals surface area contributed by atoms with Gasteiger partial charge in [0.25, 0.3) is 0 Å². The zero-order valence-electron chi connectivity index (χ0n) is 17.1. The van der Waals surface area contributed by atoms with E-state index in [1.807, 2.05) is 52.5 Å². The highest BCUT2D eigenvalue weighted by Crippen LogP contribution is 2.16. The normalized spacial score (nSPS) is 12.8. The standard InChI is InChI=1S/C22H30N4O2/c1-25(2)13-11-21(17-7-5-9-19(27)15-17)23-24-22(12-14-26(3)4)18-8-6-10-20(28)16-18/h5-10,15-16,27-28H,11-14H2,1-4H3/b23-21-,24-22+. The fourth-order valence-electron chi connectivity index (χ4n) is 2.65. The summed E-state index contributed by atoms with van der Waals surface area (Å²) < 4.78 is 0. The van der Waals surface area contributed by atoms with Crippen LogP contribution in [0.5, 0.6) is 11.5 Å². The fraction of sp³-hybridized carbons (Fsp3) is 0.364. The molecule has 0 bridgehead atoms. The van der Waals surface area contributed by atoms with Crippen LogP contribution in [0, 0.1) is 0 Å². The minimum Gasteiger partial charge on any atom is -0.508 e. The molecule has 2 aromatic carbocycles. The molecular weight excluding hydrogens is 352 g/mol. The number of hydrogen-bond acceptors (Lipinski definition) is 6. The zero-order chi connectivity index (χ0) is 20.5. The monoisotopic (exact) mass is 382 g/mol. The van der Waals surface area contributed by atoms with Crippen LogP contribution in [0.3, 0.4) is 0 Å². The lowest BCUT2D eigenvalue weighted by Gasteiger charge is -2.13. The Morgan fingerprint density at radius 2 is 1.11 bits per heavy atom. The molecule has 150 valence electrons. The van der Waals surface area contributed by atoms with E-state index in [-0.39, 0.29) is 11.5 Å². The molecule has 2 rings (SSSR count). The van der Waals surface area contributed by atoms with Gasteiger partial charge >= 0.3 is 0 Å². The molecule has 0 aliphatic carbocycles. The highest BCUT2D eigenvalue weighted by Gasteiger charge is 2.09. The molecule has 0 heterocycles. The van der Waals surface area contributed by atoms with Gasteiger partial charge in [-0.1, -0.05) is 24.3 Å². The van der Waals surface area contributed by atoms with Gasteiger partial charge in [0, 0.05) is 37.1 Å². The quantitative estimate of drug-likeness (QED) is 0.516. The smallest absolute Gasteiger partial charge is 0.116 e. The van der Waals surface area contributed by atoms with E-state index in [0.717, 1.165) is 35.6 Å². The first-order valence-corrected chi connectivity index (χ1v) is 9.37. The summed E-state index contributed by atoms with van der Waals surface area (Å²) in [6, 6.07) is 14.2. The van der Waals surface area contributed by atoms with Gasteiger partial charge in [0.1, 0.15) is 11.5 Å². The van der Waals surface area contributed by atoms with Crippen molar-refractivity contribution in [3.8, 4) is 11.5 Å². The average Bonchev–Trinajstić information content (AvgIpc) is 2.63. The third-order valence-electron chi connectivity index (χ3n) is 4.24. The third-order valence-corrected chi connectivity index (χ3v) is 4.24. The van der Waals surface area contributed by atoms with Crippen LogP contribution in [0.1, 0.15) is 24.0 Å². The lowest BCUT2D eigenvalue weighted by Crippen LogP contribution is -2.18. The Kier molecular flexibility index (Phi) is 8.17. The molecule has 0 amide bonds. The van der Waals surface area contributed by atoms with E-state index in [0.29, 0.717) is 12.8 Å². The third kappa shape index (κ3) is 7.13. The van der Waals surface area contributed by atoms with Crippen LogP contribution in [0.25, 0.3) is 0 Å². The predicted octanol–water partition coefficient (Wildman–Crippen LogP) is 3.19. The topological polar surface area (TPSA) is 71.7 Å². The Morgan fingerprint density at radius 1 is 0.714 bits per heavy atom. The van der Waals surface area contributed by atoms with Gasteiger partial charge in [0.05, 0.1) is 11.4 Å². The van der Waals surface area contributed by atoms with E-state index in [2.05, 4.69) is 20.0 Å². The van der Waals surface area contributed by atoms with E-state index in [9.17, 15) is 10.2 Å². The maximum absolute atomic E-state index is 9.84. The molecule has 0 atom stereocenters. The van der Waals surface area contributed by atoms with E-state index >= 15 is 0 Å². The van der Waals surface area contributed by atoms with Crippen molar-refractivity contribution < 1.29 is 10.2 Å². The number of hydrogen-bond donors (Lipinski definition) is 2. The van der Waals surface area contributed by atoms with Gasteiger partial charge in [-0.3, -0.25) is 0 Å². The molecule has 0 spiro atoms. The molecule has 0 aromatic heterocycles. The number of phenolic OH excluding ortho intramolecular Hbond substituents is 2. The van der Waals surface area contributed by atoms with Crippen LogP contribution in [0.4, 0.5) is 0 Å². The maximum Gasteiger partial charge on any atom is 0.116 e. The second-order valence-corrected chi connectivity index (χ2v) is 7.30. The van der Waals surface area contributed by atoms with E-state index in [4.69, 9.17) is 0 Å². The van der Waals surface area contributed by atoms with Crippen molar-refractivity contribution in [2.24, 2.45) is 10.2 Å². The van der Waals surface area contributed by atoms with Gasteiger partial charge in [-0.25, -0.2) is 0 Å². The van der Waals surface area contributed by atoms with Gasteiger partial charge in [-0.15, -0.1) is 0 Å². The van der Waals surface area contributed by atoms with E-state index < -0.39 is 0 Å². The SMILES string of the molecule is CN(C)CC/C(=N/N=C(\CCN(C)C)c1cccc(O)c1)c1cccc(O)c1. The van der Waals surface area contributed by atoms with Gasteiger partial charge in [-0.05, 0) is 52.5 Å². The molecule has 0 fully saturated rings. The van der Waals surface area contributed by atoms with Crippen molar-refractivity contribution in [1.29, 1.82) is 0 Å². The molecule has 6 heteroatoms. The number of nitrogens with zero attached hydrogens (tertiary/aromatic N) is 4. The molecule has 6 nitrogen and oxygen atoms in total. The van der Waals surface area contributed by atoms with Crippen molar-refractivity contribution in [2.45, 2.75) is 12.8 Å². The van der Waals surface area contributed by atoms with Crippen molar-refractivity contribution in [3.05, 3.63) is 59.7 Å². The van der Waals surface area contributed by atoms with Crippen LogP contribution >= 0.6 is 0 Å². The van der Waals surface area contributed by atoms with Crippen LogP contribution in [0.2, 0.25) is 0 Å². The summed E-state index contributed by atoms with van der Waals surface area (Å²) in [4.78, 5) is 4.18. The summed E-state index contributed by atoms with van der Waals surface area (Å²) in [7, 11) is 8.05. The van der Waals surface area contributed by atoms with Crippen molar-refractivity contribution >= 4 is 11.4 Å². The zero-order valence-corrected chi connectivity index (χ0v) is 17.1. The molecule has 0 radical (unpaired) electrons. The molecule has 28 heavy (non-hydrogen) atoms. The number of rotatable bonds is 9. The number of phenols is 2. The lowest BCUT2D eigenvalue weighted by atomic mass is 10.1. The van der Waals surface area contributed by atoms with Crippen LogP contribution in [-0.2, 0) is 0 Å². The first kappa shape index (κ1) is 21.6. The highest BCUT2D eigenvalue weighted by atomic mass is 16.3. The van der Waals surface area contributed by atoms with Crippen molar-refractivity contribution in [3.63, 3.8) is 0 Å². The Hall–Kier alpha value is -2.70. The molecule has 0 saturated heterocycles. The first-order chi connectivity index (χ1) is 13.3. The Morgan fingerprint density at radius 3 is 1.43 bits per heavy atom. The molecule has 2 aromatic rings. The predicted molar refractivity (Wildman–Crippen MR) is 116 cm³/mol. The minimum atomic E-state index is 0.208. The largest absolute Gasteiger partial charge is 0.508 e. The summed E-state index contributed by atoms with van der Waals surface area (Å²) in [5, 5.41) is 28.8. The van der Waals surface area contributed by atoms with Crippen molar-refractivity contribution in [1.82, 2.24) is 9.80 Å². The maximum atomic E-state index is 9.84. The second kappa shape index (κ2) is 10.6. The Bertz CT molecular complexity index is 759. The Labute approximate surface area is 167 Å². The minimum absolute atomic E-state index is 0.208. The molecule has 0 unspecified atom stereocenters. The number of aromatic hydroxyl groups is 2. The summed E-state index contributed by atoms with van der Waals surface area (Å²) in [6.07, 6.45) is 1.42. The van der Waals surface area contributed by atoms with E-state index in [1.54, 1.807) is 24.3 Å². The molecule has 0 saturated carbocycles. The Balaban J connectivity index is 2.41. The molecule has 0 aliphatic heterocycles. The average molecular weight is 383 g/mol. The van der Waals surface area contributed by atoms with Crippen LogP contribution < -0.4 is 0 Å². The van der Waals surface area contributed by atoms with Crippen LogP contribution in [0.15, 0.2) is 58.7 Å². The summed E-state index contributed by atoms with van der Waals surface area (Å²) in [5.41, 5.74) is 3.33. The second-order valence-electron chi connectivity index (χ2n) is 7.30.